The molecule has 1 unspecified atom stereocenters. The van der Waals surface area contributed by atoms with E-state index in [1.807, 2.05) is 19.0 Å². The summed E-state index contributed by atoms with van der Waals surface area (Å²) in [5, 5.41) is 4.07. The van der Waals surface area contributed by atoms with Crippen molar-refractivity contribution in [1.82, 2.24) is 20.0 Å². The number of anilines is 1. The minimum absolute atomic E-state index is 0.0829. The summed E-state index contributed by atoms with van der Waals surface area (Å²) in [7, 11) is 3.84. The van der Waals surface area contributed by atoms with Gasteiger partial charge in [-0.15, -0.1) is 0 Å². The van der Waals surface area contributed by atoms with Gasteiger partial charge in [-0.25, -0.2) is 4.98 Å². The molecule has 4 rings (SSSR count). The zero-order valence-corrected chi connectivity index (χ0v) is 15.1. The highest BCUT2D eigenvalue weighted by Crippen LogP contribution is 2.29. The average molecular weight is 357 g/mol. The topological polar surface area (TPSA) is 84.6 Å². The Kier molecular flexibility index (Phi) is 4.58. The molecule has 0 saturated carbocycles. The molecule has 2 aliphatic rings. The van der Waals surface area contributed by atoms with Crippen molar-refractivity contribution in [2.24, 2.45) is 0 Å². The van der Waals surface area contributed by atoms with Crippen LogP contribution < -0.4 is 4.90 Å². The monoisotopic (exact) mass is 357 g/mol. The number of hydrogen-bond acceptors (Lipinski definition) is 7. The summed E-state index contributed by atoms with van der Waals surface area (Å²) in [5.74, 6) is 1.54. The van der Waals surface area contributed by atoms with Crippen LogP contribution in [0.15, 0.2) is 16.9 Å². The summed E-state index contributed by atoms with van der Waals surface area (Å²) in [5.41, 5.74) is 2.20. The normalized spacial score (nSPS) is 19.9. The van der Waals surface area contributed by atoms with E-state index in [0.29, 0.717) is 25.4 Å². The highest BCUT2D eigenvalue weighted by Gasteiger charge is 2.33. The van der Waals surface area contributed by atoms with E-state index in [1.54, 1.807) is 17.3 Å². The average Bonchev–Trinajstić information content (AvgIpc) is 3.11. The van der Waals surface area contributed by atoms with Crippen LogP contribution in [0.4, 0.5) is 5.82 Å². The molecule has 1 amide bonds. The Balaban J connectivity index is 1.56. The highest BCUT2D eigenvalue weighted by atomic mass is 16.5. The summed E-state index contributed by atoms with van der Waals surface area (Å²) in [6.07, 6.45) is 6.91. The Bertz CT molecular complexity index is 804. The predicted molar refractivity (Wildman–Crippen MR) is 94.1 cm³/mol. The van der Waals surface area contributed by atoms with Crippen LogP contribution in [0, 0.1) is 0 Å². The van der Waals surface area contributed by atoms with Crippen LogP contribution in [0.2, 0.25) is 0 Å². The van der Waals surface area contributed by atoms with Crippen molar-refractivity contribution in [1.29, 1.82) is 0 Å². The molecule has 1 aliphatic heterocycles. The summed E-state index contributed by atoms with van der Waals surface area (Å²) in [6, 6.07) is 0. The molecule has 0 N–H and O–H groups in total. The molecule has 138 valence electrons. The standard InChI is InChI=1S/C18H23N5O3/c1-22(2)17-16(19-7-8-20-17)14-11-23(9-10-25-14)18(24)15-12-5-3-4-6-13(12)26-21-15/h7-8,14H,3-6,9-11H2,1-2H3. The minimum atomic E-state index is -0.304. The Labute approximate surface area is 152 Å². The highest BCUT2D eigenvalue weighted by molar-refractivity contribution is 5.94. The van der Waals surface area contributed by atoms with Crippen LogP contribution in [0.3, 0.4) is 0 Å². The zero-order valence-electron chi connectivity index (χ0n) is 15.1. The SMILES string of the molecule is CN(C)c1nccnc1C1CN(C(=O)c2noc3c2CCCC3)CCO1. The van der Waals surface area contributed by atoms with Crippen LogP contribution in [-0.2, 0) is 17.6 Å². The van der Waals surface area contributed by atoms with Crippen LogP contribution in [-0.4, -0.2) is 59.7 Å². The zero-order chi connectivity index (χ0) is 18.1. The largest absolute Gasteiger partial charge is 0.368 e. The third-order valence-corrected chi connectivity index (χ3v) is 4.94. The number of amides is 1. The van der Waals surface area contributed by atoms with Crippen molar-refractivity contribution in [3.8, 4) is 0 Å². The Hall–Kier alpha value is -2.48. The van der Waals surface area contributed by atoms with E-state index in [4.69, 9.17) is 9.26 Å². The van der Waals surface area contributed by atoms with Gasteiger partial charge in [0, 0.05) is 45.0 Å². The number of ether oxygens (including phenoxy) is 1. The molecule has 1 aliphatic carbocycles. The number of morpholine rings is 1. The molecule has 0 aromatic carbocycles. The summed E-state index contributed by atoms with van der Waals surface area (Å²) in [4.78, 5) is 25.6. The molecule has 0 spiro atoms. The molecule has 1 saturated heterocycles. The molecule has 8 heteroatoms. The van der Waals surface area contributed by atoms with E-state index in [9.17, 15) is 4.79 Å². The van der Waals surface area contributed by atoms with Gasteiger partial charge in [-0.05, 0) is 19.3 Å². The minimum Gasteiger partial charge on any atom is -0.368 e. The van der Waals surface area contributed by atoms with Gasteiger partial charge < -0.3 is 19.1 Å². The number of carbonyl (C=O) groups is 1. The van der Waals surface area contributed by atoms with Crippen molar-refractivity contribution < 1.29 is 14.1 Å². The first kappa shape index (κ1) is 17.0. The first-order valence-corrected chi connectivity index (χ1v) is 9.01. The summed E-state index contributed by atoms with van der Waals surface area (Å²) >= 11 is 0. The first-order chi connectivity index (χ1) is 12.6. The number of carbonyl (C=O) groups excluding carboxylic acids is 1. The number of aryl methyl sites for hydroxylation is 1. The molecule has 2 aromatic rings. The van der Waals surface area contributed by atoms with Crippen molar-refractivity contribution in [3.05, 3.63) is 35.1 Å². The van der Waals surface area contributed by atoms with Crippen molar-refractivity contribution in [2.75, 3.05) is 38.7 Å². The van der Waals surface area contributed by atoms with E-state index < -0.39 is 0 Å². The third-order valence-electron chi connectivity index (χ3n) is 4.94. The van der Waals surface area contributed by atoms with Gasteiger partial charge in [-0.3, -0.25) is 9.78 Å². The lowest BCUT2D eigenvalue weighted by atomic mass is 9.96. The van der Waals surface area contributed by atoms with E-state index >= 15 is 0 Å². The number of aromatic nitrogens is 3. The van der Waals surface area contributed by atoms with E-state index in [2.05, 4.69) is 15.1 Å². The molecule has 0 bridgehead atoms. The molecular formula is C18H23N5O3. The van der Waals surface area contributed by atoms with Gasteiger partial charge in [0.1, 0.15) is 17.6 Å². The smallest absolute Gasteiger partial charge is 0.276 e. The summed E-state index contributed by atoms with van der Waals surface area (Å²) < 4.78 is 11.3. The second-order valence-corrected chi connectivity index (χ2v) is 6.91. The number of nitrogens with zero attached hydrogens (tertiary/aromatic N) is 5. The van der Waals surface area contributed by atoms with Crippen molar-refractivity contribution in [2.45, 2.75) is 31.8 Å². The van der Waals surface area contributed by atoms with Gasteiger partial charge in [0.2, 0.25) is 0 Å². The number of rotatable bonds is 3. The van der Waals surface area contributed by atoms with Crippen LogP contribution in [0.1, 0.15) is 46.5 Å². The quantitative estimate of drug-likeness (QED) is 0.825. The predicted octanol–water partition coefficient (Wildman–Crippen LogP) is 1.62. The third kappa shape index (κ3) is 3.05. The fraction of sp³-hybridized carbons (Fsp3) is 0.556. The lowest BCUT2D eigenvalue weighted by Gasteiger charge is -2.33. The van der Waals surface area contributed by atoms with Gasteiger partial charge in [0.05, 0.1) is 13.2 Å². The Morgan fingerprint density at radius 2 is 2.04 bits per heavy atom. The van der Waals surface area contributed by atoms with E-state index in [0.717, 1.165) is 48.5 Å². The van der Waals surface area contributed by atoms with E-state index in [-0.39, 0.29) is 12.0 Å². The lowest BCUT2D eigenvalue weighted by Crippen LogP contribution is -2.43. The molecule has 2 aromatic heterocycles. The number of hydrogen-bond donors (Lipinski definition) is 0. The van der Waals surface area contributed by atoms with Crippen molar-refractivity contribution >= 4 is 11.7 Å². The van der Waals surface area contributed by atoms with Crippen molar-refractivity contribution in [3.63, 3.8) is 0 Å². The van der Waals surface area contributed by atoms with Gasteiger partial charge in [-0.2, -0.15) is 0 Å². The molecule has 8 nitrogen and oxygen atoms in total. The van der Waals surface area contributed by atoms with Crippen LogP contribution in [0.5, 0.6) is 0 Å². The number of fused-ring (bicyclic) bond motifs is 1. The van der Waals surface area contributed by atoms with E-state index in [1.165, 1.54) is 0 Å². The fourth-order valence-corrected chi connectivity index (χ4v) is 3.61. The van der Waals surface area contributed by atoms with Crippen LogP contribution >= 0.6 is 0 Å². The maximum absolute atomic E-state index is 13.0. The molecule has 1 atom stereocenters. The molecule has 1 fully saturated rings. The second-order valence-electron chi connectivity index (χ2n) is 6.91. The molecule has 3 heterocycles. The lowest BCUT2D eigenvalue weighted by molar-refractivity contribution is -0.0249. The van der Waals surface area contributed by atoms with Gasteiger partial charge in [0.25, 0.3) is 5.91 Å². The molecule has 0 radical (unpaired) electrons. The maximum atomic E-state index is 13.0. The fourth-order valence-electron chi connectivity index (χ4n) is 3.61. The Morgan fingerprint density at radius 3 is 2.88 bits per heavy atom. The van der Waals surface area contributed by atoms with Gasteiger partial charge in [0.15, 0.2) is 11.5 Å². The second kappa shape index (κ2) is 7.03. The summed E-state index contributed by atoms with van der Waals surface area (Å²) in [6.45, 7) is 1.43. The van der Waals surface area contributed by atoms with Gasteiger partial charge >= 0.3 is 0 Å². The van der Waals surface area contributed by atoms with Crippen LogP contribution in [0.25, 0.3) is 0 Å². The first-order valence-electron chi connectivity index (χ1n) is 9.01. The molecule has 26 heavy (non-hydrogen) atoms. The maximum Gasteiger partial charge on any atom is 0.276 e. The van der Waals surface area contributed by atoms with Gasteiger partial charge in [-0.1, -0.05) is 5.16 Å². The molecular weight excluding hydrogens is 334 g/mol. The Morgan fingerprint density at radius 1 is 1.23 bits per heavy atom.